The van der Waals surface area contributed by atoms with Crippen molar-refractivity contribution in [2.24, 2.45) is 0 Å². The van der Waals surface area contributed by atoms with Gasteiger partial charge in [-0.05, 0) is 23.8 Å². The normalized spacial score (nSPS) is 12.5. The van der Waals surface area contributed by atoms with Gasteiger partial charge < -0.3 is 10.4 Å². The van der Waals surface area contributed by atoms with Crippen LogP contribution in [-0.2, 0) is 6.18 Å². The summed E-state index contributed by atoms with van der Waals surface area (Å²) >= 11 is 5.83. The molecule has 6 nitrogen and oxygen atoms in total. The maximum absolute atomic E-state index is 12.7. The third-order valence-corrected chi connectivity index (χ3v) is 3.79. The van der Waals surface area contributed by atoms with E-state index >= 15 is 0 Å². The number of carbonyl (C=O) groups is 1. The maximum atomic E-state index is 12.7. The van der Waals surface area contributed by atoms with Gasteiger partial charge in [0.15, 0.2) is 0 Å². The fourth-order valence-electron chi connectivity index (χ4n) is 2.13. The van der Waals surface area contributed by atoms with E-state index in [0.29, 0.717) is 0 Å². The zero-order valence-corrected chi connectivity index (χ0v) is 13.7. The Labute approximate surface area is 150 Å². The molecule has 26 heavy (non-hydrogen) atoms. The van der Waals surface area contributed by atoms with Gasteiger partial charge in [-0.3, -0.25) is 14.9 Å². The van der Waals surface area contributed by atoms with Crippen molar-refractivity contribution in [2.45, 2.75) is 12.3 Å². The molecule has 0 aliphatic carbocycles. The molecular weight excluding hydrogens is 377 g/mol. The average Bonchev–Trinajstić information content (AvgIpc) is 2.59. The fraction of sp³-hybridized carbons (Fsp3) is 0.188. The highest BCUT2D eigenvalue weighted by atomic mass is 35.5. The average molecular weight is 389 g/mol. The zero-order chi connectivity index (χ0) is 19.5. The summed E-state index contributed by atoms with van der Waals surface area (Å²) in [6, 6.07) is 7.32. The van der Waals surface area contributed by atoms with Gasteiger partial charge in [0, 0.05) is 18.7 Å². The second kappa shape index (κ2) is 7.71. The van der Waals surface area contributed by atoms with Crippen LogP contribution in [-0.4, -0.2) is 22.5 Å². The molecule has 1 unspecified atom stereocenters. The van der Waals surface area contributed by atoms with Crippen LogP contribution in [0.5, 0.6) is 0 Å². The lowest BCUT2D eigenvalue weighted by Gasteiger charge is -2.15. The van der Waals surface area contributed by atoms with Gasteiger partial charge in [-0.2, -0.15) is 13.2 Å². The number of non-ortho nitro benzene ring substituents is 1. The number of nitro benzene ring substituents is 1. The molecule has 0 radical (unpaired) electrons. The molecule has 2 rings (SSSR count). The molecule has 10 heteroatoms. The number of carbonyl (C=O) groups excluding carboxylic acids is 1. The van der Waals surface area contributed by atoms with Crippen molar-refractivity contribution < 1.29 is 28.0 Å². The van der Waals surface area contributed by atoms with Crippen molar-refractivity contribution in [3.05, 3.63) is 74.3 Å². The van der Waals surface area contributed by atoms with E-state index in [2.05, 4.69) is 5.32 Å². The van der Waals surface area contributed by atoms with Crippen molar-refractivity contribution >= 4 is 23.2 Å². The lowest BCUT2D eigenvalue weighted by molar-refractivity contribution is -0.384. The molecule has 2 N–H and O–H groups in total. The van der Waals surface area contributed by atoms with Crippen LogP contribution in [0.25, 0.3) is 0 Å². The van der Waals surface area contributed by atoms with Gasteiger partial charge in [0.1, 0.15) is 0 Å². The molecule has 0 heterocycles. The summed E-state index contributed by atoms with van der Waals surface area (Å²) in [5.74, 6) is -0.801. The van der Waals surface area contributed by atoms with Crippen LogP contribution in [0.15, 0.2) is 42.5 Å². The highest BCUT2D eigenvalue weighted by molar-refractivity contribution is 6.33. The second-order valence-electron chi connectivity index (χ2n) is 5.27. The van der Waals surface area contributed by atoms with E-state index in [1.54, 1.807) is 0 Å². The number of nitrogens with zero attached hydrogens (tertiary/aromatic N) is 1. The van der Waals surface area contributed by atoms with Crippen molar-refractivity contribution in [3.8, 4) is 0 Å². The highest BCUT2D eigenvalue weighted by Gasteiger charge is 2.30. The number of halogens is 4. The Hall–Kier alpha value is -2.65. The number of nitro groups is 1. The molecule has 0 spiro atoms. The molecule has 0 saturated carbocycles. The first kappa shape index (κ1) is 19.7. The number of alkyl halides is 3. The van der Waals surface area contributed by atoms with Gasteiger partial charge in [-0.1, -0.05) is 23.7 Å². The van der Waals surface area contributed by atoms with Crippen molar-refractivity contribution in [1.29, 1.82) is 0 Å². The first-order chi connectivity index (χ1) is 12.1. The summed E-state index contributed by atoms with van der Waals surface area (Å²) in [7, 11) is 0. The molecule has 1 atom stereocenters. The highest BCUT2D eigenvalue weighted by Crippen LogP contribution is 2.30. The van der Waals surface area contributed by atoms with Crippen LogP contribution < -0.4 is 5.32 Å². The van der Waals surface area contributed by atoms with Gasteiger partial charge >= 0.3 is 6.18 Å². The standard InChI is InChI=1S/C16H12ClF3N2O4/c17-13-5-4-11(22(25)26)7-12(13)15(24)21-8-14(23)9-2-1-3-10(6-9)16(18,19)20/h1-7,14,23H,8H2,(H,21,24). The van der Waals surface area contributed by atoms with E-state index in [1.807, 2.05) is 0 Å². The summed E-state index contributed by atoms with van der Waals surface area (Å²) in [4.78, 5) is 22.1. The van der Waals surface area contributed by atoms with Crippen molar-refractivity contribution in [2.75, 3.05) is 6.54 Å². The van der Waals surface area contributed by atoms with Crippen LogP contribution in [0.1, 0.15) is 27.6 Å². The Morgan fingerprint density at radius 1 is 1.27 bits per heavy atom. The second-order valence-corrected chi connectivity index (χ2v) is 5.68. The van der Waals surface area contributed by atoms with E-state index in [1.165, 1.54) is 12.1 Å². The lowest BCUT2D eigenvalue weighted by atomic mass is 10.1. The van der Waals surface area contributed by atoms with E-state index < -0.39 is 35.2 Å². The number of hydrogen-bond donors (Lipinski definition) is 2. The summed E-state index contributed by atoms with van der Waals surface area (Å²) in [6.07, 6.45) is -5.96. The molecule has 0 bridgehead atoms. The molecule has 1 amide bonds. The largest absolute Gasteiger partial charge is 0.416 e. The molecule has 0 aliphatic rings. The van der Waals surface area contributed by atoms with E-state index in [4.69, 9.17) is 11.6 Å². The van der Waals surface area contributed by atoms with Crippen LogP contribution in [0.2, 0.25) is 5.02 Å². The predicted octanol–water partition coefficient (Wildman–Crippen LogP) is 3.73. The van der Waals surface area contributed by atoms with Crippen LogP contribution >= 0.6 is 11.6 Å². The smallest absolute Gasteiger partial charge is 0.387 e. The molecule has 138 valence electrons. The van der Waals surface area contributed by atoms with Gasteiger partial charge in [0.05, 0.1) is 27.2 Å². The van der Waals surface area contributed by atoms with Crippen LogP contribution in [0.4, 0.5) is 18.9 Å². The van der Waals surface area contributed by atoms with E-state index in [-0.39, 0.29) is 21.8 Å². The number of hydrogen-bond acceptors (Lipinski definition) is 4. The fourth-order valence-corrected chi connectivity index (χ4v) is 2.33. The quantitative estimate of drug-likeness (QED) is 0.603. The molecule has 0 saturated heterocycles. The third kappa shape index (κ3) is 4.70. The molecule has 2 aromatic carbocycles. The number of nitrogens with one attached hydrogen (secondary N) is 1. The lowest BCUT2D eigenvalue weighted by Crippen LogP contribution is -2.28. The van der Waals surface area contributed by atoms with E-state index in [9.17, 15) is 33.2 Å². The number of rotatable bonds is 5. The van der Waals surface area contributed by atoms with Crippen molar-refractivity contribution in [1.82, 2.24) is 5.32 Å². The summed E-state index contributed by atoms with van der Waals surface area (Å²) in [5, 5.41) is 23.0. The molecule has 2 aromatic rings. The monoisotopic (exact) mass is 388 g/mol. The van der Waals surface area contributed by atoms with Gasteiger partial charge in [-0.15, -0.1) is 0 Å². The third-order valence-electron chi connectivity index (χ3n) is 3.46. The first-order valence-corrected chi connectivity index (χ1v) is 7.54. The Morgan fingerprint density at radius 3 is 2.58 bits per heavy atom. The minimum Gasteiger partial charge on any atom is -0.387 e. The summed E-state index contributed by atoms with van der Waals surface area (Å²) < 4.78 is 38.1. The number of benzene rings is 2. The van der Waals surface area contributed by atoms with E-state index in [0.717, 1.165) is 30.3 Å². The van der Waals surface area contributed by atoms with Gasteiger partial charge in [-0.25, -0.2) is 0 Å². The van der Waals surface area contributed by atoms with Crippen LogP contribution in [0, 0.1) is 10.1 Å². The Balaban J connectivity index is 2.10. The molecular formula is C16H12ClF3N2O4. The first-order valence-electron chi connectivity index (χ1n) is 7.17. The molecule has 0 aromatic heterocycles. The van der Waals surface area contributed by atoms with Crippen molar-refractivity contribution in [3.63, 3.8) is 0 Å². The summed E-state index contributed by atoms with van der Waals surface area (Å²) in [6.45, 7) is -0.404. The molecule has 0 fully saturated rings. The topological polar surface area (TPSA) is 92.5 Å². The minimum atomic E-state index is -4.56. The maximum Gasteiger partial charge on any atom is 0.416 e. The zero-order valence-electron chi connectivity index (χ0n) is 13.0. The SMILES string of the molecule is O=C(NCC(O)c1cccc(C(F)(F)F)c1)c1cc([N+](=O)[O-])ccc1Cl. The van der Waals surface area contributed by atoms with Crippen LogP contribution in [0.3, 0.4) is 0 Å². The number of aliphatic hydroxyl groups is 1. The van der Waals surface area contributed by atoms with Gasteiger partial charge in [0.25, 0.3) is 11.6 Å². The Morgan fingerprint density at radius 2 is 1.96 bits per heavy atom. The summed E-state index contributed by atoms with van der Waals surface area (Å²) in [5.41, 5.74) is -1.50. The Bertz CT molecular complexity index is 842. The predicted molar refractivity (Wildman–Crippen MR) is 86.8 cm³/mol. The Kier molecular flexibility index (Phi) is 5.83. The number of amides is 1. The minimum absolute atomic E-state index is 0.0368. The molecule has 0 aliphatic heterocycles. The van der Waals surface area contributed by atoms with Gasteiger partial charge in [0.2, 0.25) is 0 Å². The number of aliphatic hydroxyl groups excluding tert-OH is 1.